The summed E-state index contributed by atoms with van der Waals surface area (Å²) in [6, 6.07) is 6.88. The summed E-state index contributed by atoms with van der Waals surface area (Å²) in [5.74, 6) is -0.142. The number of carboxylic acid groups (broad SMARTS) is 1. The molecular formula is C13H10N2O4S2. The Labute approximate surface area is 127 Å². The van der Waals surface area contributed by atoms with E-state index in [1.807, 2.05) is 24.4 Å². The molecule has 6 nitrogen and oxygen atoms in total. The van der Waals surface area contributed by atoms with Gasteiger partial charge in [-0.15, -0.1) is 21.5 Å². The van der Waals surface area contributed by atoms with Crippen molar-refractivity contribution in [3.05, 3.63) is 41.2 Å². The van der Waals surface area contributed by atoms with E-state index in [9.17, 15) is 4.79 Å². The largest absolute Gasteiger partial charge is 0.475 e. The molecule has 0 amide bonds. The Morgan fingerprint density at radius 3 is 2.86 bits per heavy atom. The fraction of sp³-hybridized carbons (Fsp3) is 0.154. The van der Waals surface area contributed by atoms with Gasteiger partial charge in [-0.05, 0) is 30.5 Å². The Bertz CT molecular complexity index is 748. The third-order valence-electron chi connectivity index (χ3n) is 2.65. The van der Waals surface area contributed by atoms with Crippen molar-refractivity contribution >= 4 is 29.1 Å². The molecule has 1 atom stereocenters. The van der Waals surface area contributed by atoms with Crippen molar-refractivity contribution < 1.29 is 18.7 Å². The van der Waals surface area contributed by atoms with Crippen LogP contribution in [0.2, 0.25) is 0 Å². The summed E-state index contributed by atoms with van der Waals surface area (Å²) >= 11 is 2.84. The number of hydrogen-bond donors (Lipinski definition) is 1. The van der Waals surface area contributed by atoms with E-state index < -0.39 is 5.97 Å². The molecule has 0 saturated carbocycles. The molecule has 0 spiro atoms. The normalized spacial score (nSPS) is 12.4. The number of aromatic carboxylic acids is 1. The number of rotatable bonds is 5. The Kier molecular flexibility index (Phi) is 3.80. The molecule has 21 heavy (non-hydrogen) atoms. The summed E-state index contributed by atoms with van der Waals surface area (Å²) in [7, 11) is 0. The fourth-order valence-corrected chi connectivity index (χ4v) is 3.06. The minimum atomic E-state index is -1.09. The lowest BCUT2D eigenvalue weighted by molar-refractivity contribution is 0.0660. The summed E-state index contributed by atoms with van der Waals surface area (Å²) < 4.78 is 10.8. The zero-order chi connectivity index (χ0) is 14.8. The first-order valence-corrected chi connectivity index (χ1v) is 7.76. The predicted molar refractivity (Wildman–Crippen MR) is 77.6 cm³/mol. The van der Waals surface area contributed by atoms with Crippen LogP contribution in [0, 0.1) is 0 Å². The Balaban J connectivity index is 1.72. The molecule has 0 saturated heterocycles. The smallest absolute Gasteiger partial charge is 0.371 e. The summed E-state index contributed by atoms with van der Waals surface area (Å²) in [6.07, 6.45) is 0. The molecule has 1 N–H and O–H groups in total. The van der Waals surface area contributed by atoms with Crippen LogP contribution in [0.1, 0.15) is 28.5 Å². The van der Waals surface area contributed by atoms with Crippen LogP contribution < -0.4 is 0 Å². The van der Waals surface area contributed by atoms with E-state index >= 15 is 0 Å². The van der Waals surface area contributed by atoms with Gasteiger partial charge in [0.1, 0.15) is 5.76 Å². The number of carboxylic acids is 1. The highest BCUT2D eigenvalue weighted by atomic mass is 32.2. The maximum absolute atomic E-state index is 10.8. The number of carbonyl (C=O) groups is 1. The number of thioether (sulfide) groups is 1. The van der Waals surface area contributed by atoms with Crippen molar-refractivity contribution in [1.29, 1.82) is 0 Å². The van der Waals surface area contributed by atoms with Crippen LogP contribution in [0.15, 0.2) is 43.7 Å². The monoisotopic (exact) mass is 322 g/mol. The molecule has 1 unspecified atom stereocenters. The molecule has 8 heteroatoms. The Morgan fingerprint density at radius 1 is 1.33 bits per heavy atom. The molecule has 0 fully saturated rings. The second-order valence-corrected chi connectivity index (χ2v) is 6.36. The standard InChI is InChI=1S/C13H10N2O4S2/c1-7(8-4-5-9(18-8)12(16)17)21-13-15-14-11(19-13)10-3-2-6-20-10/h2-7H,1H3,(H,16,17). The van der Waals surface area contributed by atoms with Gasteiger partial charge in [0.2, 0.25) is 5.76 Å². The third kappa shape index (κ3) is 3.01. The highest BCUT2D eigenvalue weighted by Crippen LogP contribution is 2.36. The average Bonchev–Trinajstić information content (AvgIpc) is 3.19. The van der Waals surface area contributed by atoms with Crippen LogP contribution in [-0.2, 0) is 0 Å². The van der Waals surface area contributed by atoms with Crippen molar-refractivity contribution in [3.63, 3.8) is 0 Å². The molecule has 0 aliphatic rings. The molecule has 3 aromatic heterocycles. The lowest BCUT2D eigenvalue weighted by Crippen LogP contribution is -1.92. The van der Waals surface area contributed by atoms with Crippen LogP contribution >= 0.6 is 23.1 Å². The van der Waals surface area contributed by atoms with Gasteiger partial charge >= 0.3 is 5.97 Å². The number of hydrogen-bond acceptors (Lipinski definition) is 7. The SMILES string of the molecule is CC(Sc1nnc(-c2cccs2)o1)c1ccc(C(=O)O)o1. The van der Waals surface area contributed by atoms with Crippen LogP contribution in [0.25, 0.3) is 10.8 Å². The Hall–Kier alpha value is -2.06. The maximum atomic E-state index is 10.8. The molecule has 0 aliphatic carbocycles. The van der Waals surface area contributed by atoms with E-state index in [0.717, 1.165) is 4.88 Å². The van der Waals surface area contributed by atoms with Crippen molar-refractivity contribution in [2.75, 3.05) is 0 Å². The zero-order valence-electron chi connectivity index (χ0n) is 10.8. The van der Waals surface area contributed by atoms with Gasteiger partial charge in [0.15, 0.2) is 0 Å². The molecule has 0 aliphatic heterocycles. The van der Waals surface area contributed by atoms with Gasteiger partial charge in [-0.3, -0.25) is 0 Å². The van der Waals surface area contributed by atoms with Crippen LogP contribution in [-0.4, -0.2) is 21.3 Å². The van der Waals surface area contributed by atoms with Crippen molar-refractivity contribution in [2.45, 2.75) is 17.4 Å². The van der Waals surface area contributed by atoms with E-state index in [0.29, 0.717) is 16.9 Å². The lowest BCUT2D eigenvalue weighted by atomic mass is 10.3. The van der Waals surface area contributed by atoms with Crippen molar-refractivity contribution in [2.24, 2.45) is 0 Å². The van der Waals surface area contributed by atoms with Crippen LogP contribution in [0.4, 0.5) is 0 Å². The summed E-state index contributed by atoms with van der Waals surface area (Å²) in [6.45, 7) is 1.88. The van der Waals surface area contributed by atoms with Gasteiger partial charge in [0.25, 0.3) is 11.1 Å². The number of nitrogens with zero attached hydrogens (tertiary/aromatic N) is 2. The maximum Gasteiger partial charge on any atom is 0.371 e. The minimum Gasteiger partial charge on any atom is -0.475 e. The molecule has 0 bridgehead atoms. The van der Waals surface area contributed by atoms with Gasteiger partial charge in [0.05, 0.1) is 10.1 Å². The van der Waals surface area contributed by atoms with Crippen molar-refractivity contribution in [3.8, 4) is 10.8 Å². The highest BCUT2D eigenvalue weighted by molar-refractivity contribution is 7.99. The topological polar surface area (TPSA) is 89.4 Å². The number of thiophene rings is 1. The number of aromatic nitrogens is 2. The zero-order valence-corrected chi connectivity index (χ0v) is 12.5. The van der Waals surface area contributed by atoms with Gasteiger partial charge < -0.3 is 13.9 Å². The van der Waals surface area contributed by atoms with Gasteiger partial charge in [-0.25, -0.2) is 4.79 Å². The van der Waals surface area contributed by atoms with Crippen LogP contribution in [0.3, 0.4) is 0 Å². The molecule has 3 heterocycles. The van der Waals surface area contributed by atoms with E-state index in [1.165, 1.54) is 29.2 Å². The molecule has 0 aromatic carbocycles. The predicted octanol–water partition coefficient (Wildman–Crippen LogP) is 3.94. The second kappa shape index (κ2) is 5.74. The van der Waals surface area contributed by atoms with Crippen LogP contribution in [0.5, 0.6) is 0 Å². The average molecular weight is 322 g/mol. The molecule has 108 valence electrons. The first-order chi connectivity index (χ1) is 10.1. The molecule has 3 aromatic rings. The third-order valence-corrected chi connectivity index (χ3v) is 4.46. The van der Waals surface area contributed by atoms with E-state index in [4.69, 9.17) is 13.9 Å². The Morgan fingerprint density at radius 2 is 2.19 bits per heavy atom. The molecule has 3 rings (SSSR count). The molecular weight excluding hydrogens is 312 g/mol. The highest BCUT2D eigenvalue weighted by Gasteiger charge is 2.18. The van der Waals surface area contributed by atoms with Crippen molar-refractivity contribution in [1.82, 2.24) is 10.2 Å². The fourth-order valence-electron chi connectivity index (χ4n) is 1.65. The summed E-state index contributed by atoms with van der Waals surface area (Å²) in [4.78, 5) is 11.7. The first kappa shape index (κ1) is 13.9. The van der Waals surface area contributed by atoms with Gasteiger partial charge in [-0.2, -0.15) is 0 Å². The number of furan rings is 1. The van der Waals surface area contributed by atoms with E-state index in [-0.39, 0.29) is 11.0 Å². The lowest BCUT2D eigenvalue weighted by Gasteiger charge is -2.03. The summed E-state index contributed by atoms with van der Waals surface area (Å²) in [5.41, 5.74) is 0. The molecule has 0 radical (unpaired) electrons. The quantitative estimate of drug-likeness (QED) is 0.711. The minimum absolute atomic E-state index is 0.0812. The first-order valence-electron chi connectivity index (χ1n) is 6.00. The van der Waals surface area contributed by atoms with Gasteiger partial charge in [-0.1, -0.05) is 17.8 Å². The van der Waals surface area contributed by atoms with E-state index in [1.54, 1.807) is 6.07 Å². The van der Waals surface area contributed by atoms with E-state index in [2.05, 4.69) is 10.2 Å². The second-order valence-electron chi connectivity index (χ2n) is 4.12. The van der Waals surface area contributed by atoms with Gasteiger partial charge in [0, 0.05) is 0 Å². The summed E-state index contributed by atoms with van der Waals surface area (Å²) in [5, 5.41) is 19.0.